The van der Waals surface area contributed by atoms with Gasteiger partial charge in [0.15, 0.2) is 0 Å². The lowest BCUT2D eigenvalue weighted by atomic mass is 9.93. The van der Waals surface area contributed by atoms with Gasteiger partial charge in [0.2, 0.25) is 0 Å². The van der Waals surface area contributed by atoms with E-state index in [1.165, 1.54) is 6.07 Å². The summed E-state index contributed by atoms with van der Waals surface area (Å²) in [6.45, 7) is 2.09. The Kier molecular flexibility index (Phi) is 2.65. The summed E-state index contributed by atoms with van der Waals surface area (Å²) in [6, 6.07) is 5.93. The Labute approximate surface area is 90.1 Å². The smallest absolute Gasteiger partial charge is 0.146 e. The molecule has 1 aromatic carbocycles. The van der Waals surface area contributed by atoms with Gasteiger partial charge in [0, 0.05) is 12.1 Å². The maximum Gasteiger partial charge on any atom is 0.146 e. The fourth-order valence-electron chi connectivity index (χ4n) is 2.23. The lowest BCUT2D eigenvalue weighted by Gasteiger charge is -2.35. The Balaban J connectivity index is 2.46. The molecule has 0 amide bonds. The van der Waals surface area contributed by atoms with E-state index in [0.29, 0.717) is 17.8 Å². The van der Waals surface area contributed by atoms with Gasteiger partial charge in [-0.15, -0.1) is 0 Å². The van der Waals surface area contributed by atoms with Gasteiger partial charge in [0.05, 0.1) is 5.69 Å². The van der Waals surface area contributed by atoms with Crippen molar-refractivity contribution in [1.29, 1.82) is 0 Å². The van der Waals surface area contributed by atoms with Crippen LogP contribution in [-0.4, -0.2) is 25.0 Å². The molecule has 82 valence electrons. The molecule has 2 atom stereocenters. The fourth-order valence-corrected chi connectivity index (χ4v) is 2.23. The summed E-state index contributed by atoms with van der Waals surface area (Å²) in [6.07, 6.45) is 1.02. The van der Waals surface area contributed by atoms with Gasteiger partial charge >= 0.3 is 0 Å². The first-order valence-corrected chi connectivity index (χ1v) is 5.31. The van der Waals surface area contributed by atoms with E-state index in [0.717, 1.165) is 12.0 Å². The van der Waals surface area contributed by atoms with Crippen LogP contribution in [0.4, 0.5) is 10.1 Å². The molecule has 1 N–H and O–H groups in total. The monoisotopic (exact) mass is 208 g/mol. The van der Waals surface area contributed by atoms with Crippen LogP contribution in [-0.2, 0) is 0 Å². The van der Waals surface area contributed by atoms with Crippen LogP contribution in [0.1, 0.15) is 24.9 Å². The second-order valence-corrected chi connectivity index (χ2v) is 4.46. The zero-order valence-corrected chi connectivity index (χ0v) is 9.42. The third-order valence-corrected chi connectivity index (χ3v) is 3.00. The lowest BCUT2D eigenvalue weighted by molar-refractivity contribution is 0.269. The first-order valence-electron chi connectivity index (χ1n) is 5.31. The zero-order valence-electron chi connectivity index (χ0n) is 9.42. The van der Waals surface area contributed by atoms with Crippen LogP contribution in [0.3, 0.4) is 0 Å². The molecule has 1 aliphatic rings. The number of hydrogen-bond donors (Lipinski definition) is 1. The second kappa shape index (κ2) is 3.81. The van der Waals surface area contributed by atoms with E-state index in [1.807, 2.05) is 20.2 Å². The number of nitrogens with one attached hydrogen (secondary N) is 1. The van der Waals surface area contributed by atoms with Gasteiger partial charge in [-0.25, -0.2) is 4.39 Å². The van der Waals surface area contributed by atoms with E-state index in [-0.39, 0.29) is 5.82 Å². The minimum absolute atomic E-state index is 0.147. The second-order valence-electron chi connectivity index (χ2n) is 4.46. The summed E-state index contributed by atoms with van der Waals surface area (Å²) in [5, 5.41) is 3.21. The first-order chi connectivity index (χ1) is 7.09. The van der Waals surface area contributed by atoms with Gasteiger partial charge in [-0.1, -0.05) is 12.1 Å². The van der Waals surface area contributed by atoms with Crippen molar-refractivity contribution in [3.05, 3.63) is 29.6 Å². The molecule has 1 heterocycles. The van der Waals surface area contributed by atoms with Crippen molar-refractivity contribution in [1.82, 2.24) is 4.90 Å². The Morgan fingerprint density at radius 1 is 1.40 bits per heavy atom. The fraction of sp³-hybridized carbons (Fsp3) is 0.500. The number of para-hydroxylation sites is 1. The summed E-state index contributed by atoms with van der Waals surface area (Å²) < 4.78 is 13.6. The number of halogens is 1. The maximum absolute atomic E-state index is 13.6. The molecule has 3 heteroatoms. The van der Waals surface area contributed by atoms with E-state index in [9.17, 15) is 4.39 Å². The molecule has 2 nitrogen and oxygen atoms in total. The van der Waals surface area contributed by atoms with Gasteiger partial charge < -0.3 is 10.2 Å². The minimum Gasteiger partial charge on any atom is -0.380 e. The van der Waals surface area contributed by atoms with Crippen LogP contribution in [0.15, 0.2) is 18.2 Å². The number of fused-ring (bicyclic) bond motifs is 1. The predicted molar refractivity (Wildman–Crippen MR) is 60.5 cm³/mol. The molecule has 2 rings (SSSR count). The van der Waals surface area contributed by atoms with Crippen molar-refractivity contribution >= 4 is 5.69 Å². The average molecular weight is 208 g/mol. The number of nitrogens with zero attached hydrogens (tertiary/aromatic N) is 1. The third-order valence-electron chi connectivity index (χ3n) is 3.00. The van der Waals surface area contributed by atoms with Crippen LogP contribution in [0.2, 0.25) is 0 Å². The minimum atomic E-state index is -0.147. The highest BCUT2D eigenvalue weighted by Crippen LogP contribution is 2.36. The van der Waals surface area contributed by atoms with Gasteiger partial charge in [-0.2, -0.15) is 0 Å². The zero-order chi connectivity index (χ0) is 11.0. The maximum atomic E-state index is 13.6. The first kappa shape index (κ1) is 10.4. The van der Waals surface area contributed by atoms with E-state index < -0.39 is 0 Å². The number of hydrogen-bond acceptors (Lipinski definition) is 2. The molecule has 2 unspecified atom stereocenters. The Morgan fingerprint density at radius 3 is 2.80 bits per heavy atom. The summed E-state index contributed by atoms with van der Waals surface area (Å²) in [5.41, 5.74) is 1.74. The molecule has 1 aliphatic heterocycles. The highest BCUT2D eigenvalue weighted by Gasteiger charge is 2.27. The predicted octanol–water partition coefficient (Wildman–Crippen LogP) is 2.63. The quantitative estimate of drug-likeness (QED) is 0.763. The summed E-state index contributed by atoms with van der Waals surface area (Å²) in [4.78, 5) is 2.15. The lowest BCUT2D eigenvalue weighted by Crippen LogP contribution is -2.32. The molecule has 0 saturated carbocycles. The number of rotatable bonds is 1. The molecule has 0 radical (unpaired) electrons. The molecule has 1 aromatic rings. The van der Waals surface area contributed by atoms with Crippen molar-refractivity contribution in [2.45, 2.75) is 25.4 Å². The van der Waals surface area contributed by atoms with Crippen molar-refractivity contribution in [3.63, 3.8) is 0 Å². The molecule has 0 aromatic heterocycles. The molecule has 0 aliphatic carbocycles. The molecule has 0 spiro atoms. The van der Waals surface area contributed by atoms with Crippen molar-refractivity contribution in [3.8, 4) is 0 Å². The highest BCUT2D eigenvalue weighted by atomic mass is 19.1. The topological polar surface area (TPSA) is 15.3 Å². The van der Waals surface area contributed by atoms with Crippen LogP contribution >= 0.6 is 0 Å². The Morgan fingerprint density at radius 2 is 2.13 bits per heavy atom. The van der Waals surface area contributed by atoms with Crippen molar-refractivity contribution < 1.29 is 4.39 Å². The summed E-state index contributed by atoms with van der Waals surface area (Å²) in [7, 11) is 4.08. The van der Waals surface area contributed by atoms with Crippen molar-refractivity contribution in [2.24, 2.45) is 0 Å². The molecule has 0 saturated heterocycles. The normalized spacial score (nSPS) is 24.9. The van der Waals surface area contributed by atoms with Crippen LogP contribution in [0.25, 0.3) is 0 Å². The van der Waals surface area contributed by atoms with Crippen LogP contribution in [0, 0.1) is 5.82 Å². The van der Waals surface area contributed by atoms with Gasteiger partial charge in [0.25, 0.3) is 0 Å². The Bertz CT molecular complexity index is 363. The van der Waals surface area contributed by atoms with Crippen LogP contribution < -0.4 is 5.32 Å². The van der Waals surface area contributed by atoms with E-state index in [4.69, 9.17) is 0 Å². The standard InChI is InChI=1S/C12H17FN2/c1-8-7-11(15(2)3)9-5-4-6-10(13)12(9)14-8/h4-6,8,11,14H,7H2,1-3H3. The van der Waals surface area contributed by atoms with E-state index in [1.54, 1.807) is 6.07 Å². The number of anilines is 1. The molecule has 15 heavy (non-hydrogen) atoms. The van der Waals surface area contributed by atoms with E-state index >= 15 is 0 Å². The number of benzene rings is 1. The summed E-state index contributed by atoms with van der Waals surface area (Å²) in [5.74, 6) is -0.147. The SMILES string of the molecule is CC1CC(N(C)C)c2cccc(F)c2N1. The van der Waals surface area contributed by atoms with Gasteiger partial charge in [0.1, 0.15) is 5.82 Å². The summed E-state index contributed by atoms with van der Waals surface area (Å²) >= 11 is 0. The Hall–Kier alpha value is -1.09. The average Bonchev–Trinajstić information content (AvgIpc) is 2.18. The molecule has 0 fully saturated rings. The van der Waals surface area contributed by atoms with Crippen LogP contribution in [0.5, 0.6) is 0 Å². The molecule has 0 bridgehead atoms. The molecular weight excluding hydrogens is 191 g/mol. The van der Waals surface area contributed by atoms with Gasteiger partial charge in [-0.05, 0) is 39.1 Å². The van der Waals surface area contributed by atoms with Gasteiger partial charge in [-0.3, -0.25) is 0 Å². The van der Waals surface area contributed by atoms with E-state index in [2.05, 4.69) is 17.1 Å². The largest absolute Gasteiger partial charge is 0.380 e. The van der Waals surface area contributed by atoms with Crippen molar-refractivity contribution in [2.75, 3.05) is 19.4 Å². The third kappa shape index (κ3) is 1.84. The molecular formula is C12H17FN2. The highest BCUT2D eigenvalue weighted by molar-refractivity contribution is 5.56.